The van der Waals surface area contributed by atoms with Gasteiger partial charge in [-0.2, -0.15) is 0 Å². The van der Waals surface area contributed by atoms with Crippen molar-refractivity contribution in [2.24, 2.45) is 0 Å². The Morgan fingerprint density at radius 2 is 1.80 bits per heavy atom. The molecule has 0 saturated heterocycles. The molecule has 0 aliphatic rings. The molecule has 0 fully saturated rings. The molecule has 2 N–H and O–H groups in total. The van der Waals surface area contributed by atoms with Gasteiger partial charge < -0.3 is 5.32 Å². The lowest BCUT2D eigenvalue weighted by molar-refractivity contribution is 0.0950. The molecule has 0 atom stereocenters. The van der Waals surface area contributed by atoms with Gasteiger partial charge in [0.15, 0.2) is 0 Å². The van der Waals surface area contributed by atoms with E-state index in [4.69, 9.17) is 0 Å². The molecule has 0 radical (unpaired) electrons. The summed E-state index contributed by atoms with van der Waals surface area (Å²) in [7, 11) is -3.81. The van der Waals surface area contributed by atoms with Gasteiger partial charge in [0.2, 0.25) is 0 Å². The van der Waals surface area contributed by atoms with Gasteiger partial charge in [0, 0.05) is 11.3 Å². The average Bonchev–Trinajstić information content (AvgIpc) is 3.15. The topological polar surface area (TPSA) is 88.2 Å². The molecule has 4 rings (SSSR count). The summed E-state index contributed by atoms with van der Waals surface area (Å²) < 4.78 is 29.0. The first kappa shape index (κ1) is 20.1. The SMILES string of the molecule is Cc1cccc(NS(=O)(=O)c2cccc(C(=O)NCc3nc4ccccc4s3)c2)c1. The summed E-state index contributed by atoms with van der Waals surface area (Å²) in [5.41, 5.74) is 2.57. The zero-order chi connectivity index (χ0) is 21.1. The van der Waals surface area contributed by atoms with E-state index >= 15 is 0 Å². The molecule has 1 aromatic heterocycles. The van der Waals surface area contributed by atoms with Gasteiger partial charge >= 0.3 is 0 Å². The number of benzene rings is 3. The van der Waals surface area contributed by atoms with E-state index in [-0.39, 0.29) is 22.9 Å². The van der Waals surface area contributed by atoms with Crippen molar-refractivity contribution >= 4 is 43.2 Å². The molecule has 0 aliphatic heterocycles. The van der Waals surface area contributed by atoms with Crippen LogP contribution in [-0.2, 0) is 16.6 Å². The van der Waals surface area contributed by atoms with Gasteiger partial charge in [-0.1, -0.05) is 30.3 Å². The molecule has 0 bridgehead atoms. The van der Waals surface area contributed by atoms with Gasteiger partial charge in [-0.25, -0.2) is 13.4 Å². The monoisotopic (exact) mass is 437 g/mol. The summed E-state index contributed by atoms with van der Waals surface area (Å²) in [6, 6.07) is 20.8. The maximum Gasteiger partial charge on any atom is 0.261 e. The lowest BCUT2D eigenvalue weighted by atomic mass is 10.2. The number of hydrogen-bond acceptors (Lipinski definition) is 5. The Bertz CT molecular complexity index is 1300. The van der Waals surface area contributed by atoms with E-state index in [9.17, 15) is 13.2 Å². The van der Waals surface area contributed by atoms with Gasteiger partial charge in [0.25, 0.3) is 15.9 Å². The summed E-state index contributed by atoms with van der Waals surface area (Å²) in [5, 5.41) is 3.59. The number of rotatable bonds is 6. The zero-order valence-electron chi connectivity index (χ0n) is 16.1. The van der Waals surface area contributed by atoms with Crippen molar-refractivity contribution in [1.82, 2.24) is 10.3 Å². The van der Waals surface area contributed by atoms with E-state index in [0.717, 1.165) is 20.8 Å². The highest BCUT2D eigenvalue weighted by Crippen LogP contribution is 2.22. The van der Waals surface area contributed by atoms with Crippen molar-refractivity contribution in [3.05, 3.63) is 88.9 Å². The zero-order valence-corrected chi connectivity index (χ0v) is 17.8. The molecular formula is C22H19N3O3S2. The third-order valence-corrected chi connectivity index (χ3v) is 6.83. The van der Waals surface area contributed by atoms with Crippen molar-refractivity contribution in [1.29, 1.82) is 0 Å². The van der Waals surface area contributed by atoms with Gasteiger partial charge in [0.1, 0.15) is 5.01 Å². The van der Waals surface area contributed by atoms with Crippen molar-refractivity contribution in [3.63, 3.8) is 0 Å². The van der Waals surface area contributed by atoms with E-state index in [1.807, 2.05) is 37.3 Å². The third-order valence-electron chi connectivity index (χ3n) is 4.42. The molecular weight excluding hydrogens is 418 g/mol. The Labute approximate surface area is 178 Å². The molecule has 0 saturated carbocycles. The van der Waals surface area contributed by atoms with Crippen molar-refractivity contribution in [2.75, 3.05) is 4.72 Å². The minimum atomic E-state index is -3.81. The van der Waals surface area contributed by atoms with Crippen LogP contribution in [0.5, 0.6) is 0 Å². The molecule has 6 nitrogen and oxygen atoms in total. The van der Waals surface area contributed by atoms with Gasteiger partial charge in [-0.05, 0) is 55.0 Å². The highest BCUT2D eigenvalue weighted by molar-refractivity contribution is 7.92. The Balaban J connectivity index is 1.48. The molecule has 0 spiro atoms. The standard InChI is InChI=1S/C22H19N3O3S2/c1-15-6-4-8-17(12-15)25-30(27,28)18-9-5-7-16(13-18)22(26)23-14-21-24-19-10-2-3-11-20(19)29-21/h2-13,25H,14H2,1H3,(H,23,26). The quantitative estimate of drug-likeness (QED) is 0.470. The number of carbonyl (C=O) groups is 1. The Morgan fingerprint density at radius 1 is 1.00 bits per heavy atom. The van der Waals surface area contributed by atoms with Crippen LogP contribution < -0.4 is 10.0 Å². The summed E-state index contributed by atoms with van der Waals surface area (Å²) in [6.07, 6.45) is 0. The molecule has 1 amide bonds. The van der Waals surface area contributed by atoms with Crippen LogP contribution in [-0.4, -0.2) is 19.3 Å². The third kappa shape index (κ3) is 4.50. The fourth-order valence-corrected chi connectivity index (χ4v) is 4.98. The smallest absolute Gasteiger partial charge is 0.261 e. The van der Waals surface area contributed by atoms with Crippen molar-refractivity contribution < 1.29 is 13.2 Å². The summed E-state index contributed by atoms with van der Waals surface area (Å²) in [4.78, 5) is 17.1. The predicted molar refractivity (Wildman–Crippen MR) is 119 cm³/mol. The second-order valence-electron chi connectivity index (χ2n) is 6.76. The molecule has 0 unspecified atom stereocenters. The fourth-order valence-electron chi connectivity index (χ4n) is 2.98. The van der Waals surface area contributed by atoms with Crippen LogP contribution in [0.15, 0.2) is 77.7 Å². The van der Waals surface area contributed by atoms with Crippen LogP contribution in [0.3, 0.4) is 0 Å². The number of hydrogen-bond donors (Lipinski definition) is 2. The van der Waals surface area contributed by atoms with Gasteiger partial charge in [-0.3, -0.25) is 9.52 Å². The molecule has 30 heavy (non-hydrogen) atoms. The number of nitrogens with zero attached hydrogens (tertiary/aromatic N) is 1. The second-order valence-corrected chi connectivity index (χ2v) is 9.56. The number of para-hydroxylation sites is 1. The number of aryl methyl sites for hydroxylation is 1. The highest BCUT2D eigenvalue weighted by atomic mass is 32.2. The fraction of sp³-hybridized carbons (Fsp3) is 0.0909. The molecule has 3 aromatic carbocycles. The summed E-state index contributed by atoms with van der Waals surface area (Å²) in [6.45, 7) is 2.16. The molecule has 0 aliphatic carbocycles. The van der Waals surface area contributed by atoms with E-state index in [2.05, 4.69) is 15.0 Å². The van der Waals surface area contributed by atoms with Gasteiger partial charge in [-0.15, -0.1) is 11.3 Å². The largest absolute Gasteiger partial charge is 0.346 e. The normalized spacial score (nSPS) is 11.4. The maximum absolute atomic E-state index is 12.7. The first-order valence-corrected chi connectivity index (χ1v) is 11.5. The average molecular weight is 438 g/mol. The predicted octanol–water partition coefficient (Wildman–Crippen LogP) is 4.34. The number of aromatic nitrogens is 1. The number of carbonyl (C=O) groups excluding carboxylic acids is 1. The Hall–Kier alpha value is -3.23. The Kier molecular flexibility index (Phi) is 5.52. The number of thiazole rings is 1. The lowest BCUT2D eigenvalue weighted by Crippen LogP contribution is -2.23. The minimum absolute atomic E-state index is 0.0247. The molecule has 152 valence electrons. The summed E-state index contributed by atoms with van der Waals surface area (Å²) >= 11 is 1.51. The van der Waals surface area contributed by atoms with Crippen LogP contribution in [0.1, 0.15) is 20.9 Å². The minimum Gasteiger partial charge on any atom is -0.346 e. The van der Waals surface area contributed by atoms with Crippen LogP contribution in [0, 0.1) is 6.92 Å². The molecule has 1 heterocycles. The van der Waals surface area contributed by atoms with Crippen LogP contribution in [0.25, 0.3) is 10.2 Å². The summed E-state index contributed by atoms with van der Waals surface area (Å²) in [5.74, 6) is -0.359. The van der Waals surface area contributed by atoms with Crippen LogP contribution >= 0.6 is 11.3 Å². The number of amides is 1. The Morgan fingerprint density at radius 3 is 2.60 bits per heavy atom. The number of fused-ring (bicyclic) bond motifs is 1. The number of sulfonamides is 1. The van der Waals surface area contributed by atoms with Crippen molar-refractivity contribution in [2.45, 2.75) is 18.4 Å². The van der Waals surface area contributed by atoms with Crippen LogP contribution in [0.2, 0.25) is 0 Å². The van der Waals surface area contributed by atoms with Gasteiger partial charge in [0.05, 0.1) is 21.7 Å². The lowest BCUT2D eigenvalue weighted by Gasteiger charge is -2.10. The first-order valence-electron chi connectivity index (χ1n) is 9.23. The van der Waals surface area contributed by atoms with E-state index in [1.54, 1.807) is 30.3 Å². The van der Waals surface area contributed by atoms with E-state index in [1.165, 1.54) is 23.5 Å². The maximum atomic E-state index is 12.7. The van der Waals surface area contributed by atoms with E-state index in [0.29, 0.717) is 5.69 Å². The molecule has 8 heteroatoms. The van der Waals surface area contributed by atoms with Crippen molar-refractivity contribution in [3.8, 4) is 0 Å². The van der Waals surface area contributed by atoms with E-state index < -0.39 is 10.0 Å². The number of nitrogens with one attached hydrogen (secondary N) is 2. The van der Waals surface area contributed by atoms with Crippen LogP contribution in [0.4, 0.5) is 5.69 Å². The first-order chi connectivity index (χ1) is 14.4. The highest BCUT2D eigenvalue weighted by Gasteiger charge is 2.17. The second kappa shape index (κ2) is 8.25. The number of anilines is 1. The molecule has 4 aromatic rings.